The lowest BCUT2D eigenvalue weighted by Gasteiger charge is -2.19. The summed E-state index contributed by atoms with van der Waals surface area (Å²) in [6.07, 6.45) is 3.11. The van der Waals surface area contributed by atoms with Gasteiger partial charge in [0.25, 0.3) is 0 Å². The van der Waals surface area contributed by atoms with Gasteiger partial charge < -0.3 is 5.32 Å². The van der Waals surface area contributed by atoms with Gasteiger partial charge in [-0.05, 0) is 43.4 Å². The van der Waals surface area contributed by atoms with E-state index in [1.165, 1.54) is 0 Å². The number of benzene rings is 1. The predicted octanol–water partition coefficient (Wildman–Crippen LogP) is 5.24. The summed E-state index contributed by atoms with van der Waals surface area (Å²) in [4.78, 5) is 0. The van der Waals surface area contributed by atoms with Crippen molar-refractivity contribution in [3.8, 4) is 0 Å². The van der Waals surface area contributed by atoms with E-state index < -0.39 is 11.7 Å². The van der Waals surface area contributed by atoms with Gasteiger partial charge in [0.15, 0.2) is 0 Å². The van der Waals surface area contributed by atoms with Gasteiger partial charge in [-0.2, -0.15) is 13.2 Å². The summed E-state index contributed by atoms with van der Waals surface area (Å²) < 4.78 is 38.5. The van der Waals surface area contributed by atoms with E-state index in [0.29, 0.717) is 22.6 Å². The minimum atomic E-state index is -4.31. The summed E-state index contributed by atoms with van der Waals surface area (Å²) in [6, 6.07) is 3.92. The second-order valence-corrected chi connectivity index (χ2v) is 5.67. The van der Waals surface area contributed by atoms with Crippen LogP contribution in [0.2, 0.25) is 0 Å². The van der Waals surface area contributed by atoms with E-state index in [1.807, 2.05) is 0 Å². The lowest BCUT2D eigenvalue weighted by Crippen LogP contribution is -2.16. The first-order chi connectivity index (χ1) is 8.95. The van der Waals surface area contributed by atoms with Crippen LogP contribution in [-0.2, 0) is 6.18 Å². The van der Waals surface area contributed by atoms with Crippen molar-refractivity contribution in [1.82, 2.24) is 0 Å². The number of alkyl halides is 3. The molecule has 0 fully saturated rings. The van der Waals surface area contributed by atoms with Crippen LogP contribution in [0.15, 0.2) is 34.8 Å². The molecule has 0 heterocycles. The first kappa shape index (κ1) is 14.4. The highest BCUT2D eigenvalue weighted by molar-refractivity contribution is 9.10. The van der Waals surface area contributed by atoms with Gasteiger partial charge in [0.05, 0.1) is 5.56 Å². The molecular formula is C14H15BrF3N. The third kappa shape index (κ3) is 4.27. The van der Waals surface area contributed by atoms with Crippen molar-refractivity contribution in [2.24, 2.45) is 5.92 Å². The van der Waals surface area contributed by atoms with Crippen LogP contribution >= 0.6 is 15.9 Å². The van der Waals surface area contributed by atoms with E-state index in [0.717, 1.165) is 31.4 Å². The van der Waals surface area contributed by atoms with Crippen LogP contribution in [0.3, 0.4) is 0 Å². The van der Waals surface area contributed by atoms with Crippen LogP contribution in [0.5, 0.6) is 0 Å². The zero-order chi connectivity index (χ0) is 13.9. The molecule has 1 unspecified atom stereocenters. The Hall–Kier alpha value is -0.970. The van der Waals surface area contributed by atoms with Crippen molar-refractivity contribution in [2.45, 2.75) is 25.4 Å². The van der Waals surface area contributed by atoms with Crippen molar-refractivity contribution >= 4 is 21.6 Å². The largest absolute Gasteiger partial charge is 0.416 e. The maximum absolute atomic E-state index is 12.7. The van der Waals surface area contributed by atoms with Gasteiger partial charge in [0.2, 0.25) is 0 Å². The Labute approximate surface area is 119 Å². The fourth-order valence-electron chi connectivity index (χ4n) is 2.16. The fraction of sp³-hybridized carbons (Fsp3) is 0.429. The molecule has 104 valence electrons. The van der Waals surface area contributed by atoms with Crippen LogP contribution in [-0.4, -0.2) is 6.54 Å². The molecule has 2 rings (SSSR count). The molecule has 0 spiro atoms. The Morgan fingerprint density at radius 1 is 1.21 bits per heavy atom. The second-order valence-electron chi connectivity index (χ2n) is 4.76. The molecule has 0 saturated carbocycles. The van der Waals surface area contributed by atoms with Gasteiger partial charge in [0.1, 0.15) is 0 Å². The van der Waals surface area contributed by atoms with E-state index in [-0.39, 0.29) is 0 Å². The lowest BCUT2D eigenvalue weighted by molar-refractivity contribution is -0.137. The highest BCUT2D eigenvalue weighted by Crippen LogP contribution is 2.33. The number of allylic oxidation sites excluding steroid dienone is 2. The number of halogens is 4. The minimum Gasteiger partial charge on any atom is -0.385 e. The molecular weight excluding hydrogens is 319 g/mol. The monoisotopic (exact) mass is 333 g/mol. The summed E-state index contributed by atoms with van der Waals surface area (Å²) in [6.45, 7) is 0.706. The Balaban J connectivity index is 2.03. The Kier molecular flexibility index (Phi) is 4.55. The van der Waals surface area contributed by atoms with Gasteiger partial charge in [-0.25, -0.2) is 0 Å². The molecule has 0 aliphatic heterocycles. The van der Waals surface area contributed by atoms with E-state index in [4.69, 9.17) is 0 Å². The highest BCUT2D eigenvalue weighted by Gasteiger charge is 2.31. The molecule has 1 N–H and O–H groups in total. The average molecular weight is 334 g/mol. The molecule has 19 heavy (non-hydrogen) atoms. The summed E-state index contributed by atoms with van der Waals surface area (Å²) >= 11 is 3.12. The third-order valence-electron chi connectivity index (χ3n) is 3.20. The van der Waals surface area contributed by atoms with Crippen molar-refractivity contribution in [2.75, 3.05) is 11.9 Å². The standard InChI is InChI=1S/C14H15BrF3N/c15-12-6-11(14(16,17)18)7-13(8-12)19-9-10-4-2-1-3-5-10/h1-2,6-8,10,19H,3-5,9H2. The maximum Gasteiger partial charge on any atom is 0.416 e. The Bertz CT molecular complexity index is 468. The van der Waals surface area contributed by atoms with Crippen LogP contribution in [0.25, 0.3) is 0 Å². The zero-order valence-electron chi connectivity index (χ0n) is 10.3. The van der Waals surface area contributed by atoms with Gasteiger partial charge in [-0.15, -0.1) is 0 Å². The molecule has 0 radical (unpaired) electrons. The SMILES string of the molecule is FC(F)(F)c1cc(Br)cc(NCC2CC=CCC2)c1. The molecule has 0 saturated heterocycles. The number of anilines is 1. The minimum absolute atomic E-state index is 0.438. The summed E-state index contributed by atoms with van der Waals surface area (Å²) in [5.41, 5.74) is -0.121. The second kappa shape index (κ2) is 5.99. The predicted molar refractivity (Wildman–Crippen MR) is 74.1 cm³/mol. The molecule has 1 aliphatic rings. The van der Waals surface area contributed by atoms with Crippen LogP contribution in [0.1, 0.15) is 24.8 Å². The van der Waals surface area contributed by atoms with Crippen LogP contribution < -0.4 is 5.32 Å². The molecule has 0 aromatic heterocycles. The van der Waals surface area contributed by atoms with Crippen molar-refractivity contribution < 1.29 is 13.2 Å². The number of hydrogen-bond acceptors (Lipinski definition) is 1. The molecule has 1 atom stereocenters. The Morgan fingerprint density at radius 2 is 2.00 bits per heavy atom. The lowest BCUT2D eigenvalue weighted by atomic mass is 9.94. The smallest absolute Gasteiger partial charge is 0.385 e. The van der Waals surface area contributed by atoms with Crippen LogP contribution in [0.4, 0.5) is 18.9 Å². The van der Waals surface area contributed by atoms with Gasteiger partial charge in [-0.3, -0.25) is 0 Å². The molecule has 5 heteroatoms. The topological polar surface area (TPSA) is 12.0 Å². The molecule has 1 aromatic carbocycles. The summed E-state index contributed by atoms with van der Waals surface area (Å²) in [7, 11) is 0. The highest BCUT2D eigenvalue weighted by atomic mass is 79.9. The number of hydrogen-bond donors (Lipinski definition) is 1. The fourth-order valence-corrected chi connectivity index (χ4v) is 2.65. The average Bonchev–Trinajstić information content (AvgIpc) is 2.36. The zero-order valence-corrected chi connectivity index (χ0v) is 11.9. The van der Waals surface area contributed by atoms with Crippen molar-refractivity contribution in [3.05, 3.63) is 40.4 Å². The van der Waals surface area contributed by atoms with Crippen molar-refractivity contribution in [3.63, 3.8) is 0 Å². The molecule has 0 amide bonds. The summed E-state index contributed by atoms with van der Waals surface area (Å²) in [5, 5.41) is 3.10. The molecule has 1 nitrogen and oxygen atoms in total. The molecule has 0 bridgehead atoms. The third-order valence-corrected chi connectivity index (χ3v) is 3.66. The van der Waals surface area contributed by atoms with Gasteiger partial charge in [-0.1, -0.05) is 28.1 Å². The number of rotatable bonds is 3. The first-order valence-electron chi connectivity index (χ1n) is 6.22. The van der Waals surface area contributed by atoms with E-state index >= 15 is 0 Å². The van der Waals surface area contributed by atoms with E-state index in [9.17, 15) is 13.2 Å². The van der Waals surface area contributed by atoms with E-state index in [2.05, 4.69) is 33.4 Å². The summed E-state index contributed by atoms with van der Waals surface area (Å²) in [5.74, 6) is 0.498. The van der Waals surface area contributed by atoms with Gasteiger partial charge in [0, 0.05) is 16.7 Å². The van der Waals surface area contributed by atoms with E-state index in [1.54, 1.807) is 6.07 Å². The molecule has 1 aromatic rings. The Morgan fingerprint density at radius 3 is 2.63 bits per heavy atom. The van der Waals surface area contributed by atoms with Crippen molar-refractivity contribution in [1.29, 1.82) is 0 Å². The number of nitrogens with one attached hydrogen (secondary N) is 1. The normalized spacial score (nSPS) is 19.5. The quantitative estimate of drug-likeness (QED) is 0.746. The van der Waals surface area contributed by atoms with Gasteiger partial charge >= 0.3 is 6.18 Å². The van der Waals surface area contributed by atoms with Crippen LogP contribution in [0, 0.1) is 5.92 Å². The first-order valence-corrected chi connectivity index (χ1v) is 7.01. The molecule has 1 aliphatic carbocycles. The maximum atomic E-state index is 12.7.